The van der Waals surface area contributed by atoms with Gasteiger partial charge in [0, 0.05) is 11.1 Å². The largest absolute Gasteiger partial charge is 0.293 e. The van der Waals surface area contributed by atoms with Gasteiger partial charge in [-0.3, -0.25) is 9.59 Å². The maximum Gasteiger partial charge on any atom is 0.176 e. The zero-order valence-electron chi connectivity index (χ0n) is 33.2. The average Bonchev–Trinajstić information content (AvgIpc) is 3.13. The van der Waals surface area contributed by atoms with Crippen LogP contribution in [0, 0.1) is 0 Å². The molecule has 0 fully saturated rings. The van der Waals surface area contributed by atoms with Gasteiger partial charge in [0.15, 0.2) is 11.6 Å². The third kappa shape index (κ3) is 26.1. The van der Waals surface area contributed by atoms with E-state index in [2.05, 4.69) is 13.8 Å². The lowest BCUT2D eigenvalue weighted by Gasteiger charge is -2.15. The molecule has 0 bridgehead atoms. The van der Waals surface area contributed by atoms with Crippen LogP contribution in [0.3, 0.4) is 0 Å². The van der Waals surface area contributed by atoms with Crippen molar-refractivity contribution < 1.29 is 9.59 Å². The van der Waals surface area contributed by atoms with Gasteiger partial charge < -0.3 is 0 Å². The van der Waals surface area contributed by atoms with Crippen molar-refractivity contribution in [2.75, 3.05) is 0 Å². The smallest absolute Gasteiger partial charge is 0.176 e. The highest BCUT2D eigenvalue weighted by Crippen LogP contribution is 2.23. The molecule has 1 aromatic rings. The second kappa shape index (κ2) is 35.3. The Morgan fingerprint density at radius 1 is 0.380 bits per heavy atom. The molecule has 2 nitrogen and oxygen atoms in total. The number of benzene rings is 1. The van der Waals surface area contributed by atoms with Crippen LogP contribution in [-0.2, 0) is 0 Å². The van der Waals surface area contributed by atoms with E-state index in [4.69, 9.17) is 25.3 Å². The van der Waals surface area contributed by atoms with Crippen LogP contribution in [0.4, 0.5) is 0 Å². The second-order valence-corrected chi connectivity index (χ2v) is 16.7. The molecule has 0 N–H and O–H groups in total. The summed E-state index contributed by atoms with van der Waals surface area (Å²) < 4.78 is 0. The average molecular weight is 731 g/mol. The monoisotopic (exact) mass is 731 g/mol. The molecule has 4 heteroatoms. The predicted octanol–water partition coefficient (Wildman–Crippen LogP) is 16.0. The first-order valence-corrected chi connectivity index (χ1v) is 23.1. The fourth-order valence-corrected chi connectivity index (χ4v) is 7.95. The van der Waals surface area contributed by atoms with Crippen molar-refractivity contribution in [2.45, 2.75) is 243 Å². The Morgan fingerprint density at radius 3 is 0.800 bits per heavy atom. The molecule has 0 radical (unpaired) electrons. The van der Waals surface area contributed by atoms with Gasteiger partial charge in [-0.05, 0) is 12.8 Å². The molecule has 1 aromatic carbocycles. The minimum atomic E-state index is -0.353. The van der Waals surface area contributed by atoms with Crippen molar-refractivity contribution in [2.24, 2.45) is 0 Å². The molecule has 0 spiro atoms. The van der Waals surface area contributed by atoms with Crippen LogP contribution >= 0.6 is 25.3 Å². The number of unbranched alkanes of at least 4 members (excludes halogenated alkanes) is 30. The van der Waals surface area contributed by atoms with Crippen molar-refractivity contribution in [3.05, 3.63) is 35.4 Å². The summed E-state index contributed by atoms with van der Waals surface area (Å²) in [5.41, 5.74) is 1.06. The first kappa shape index (κ1) is 47.3. The normalized spacial score (nSPS) is 12.7. The summed E-state index contributed by atoms with van der Waals surface area (Å²) in [5, 5.41) is -0.705. The van der Waals surface area contributed by atoms with Gasteiger partial charge >= 0.3 is 0 Å². The van der Waals surface area contributed by atoms with E-state index in [-0.39, 0.29) is 22.1 Å². The van der Waals surface area contributed by atoms with Crippen LogP contribution in [-0.4, -0.2) is 22.1 Å². The maximum atomic E-state index is 13.3. The molecule has 0 aliphatic rings. The molecule has 0 aliphatic heterocycles. The van der Waals surface area contributed by atoms with Crippen molar-refractivity contribution in [1.29, 1.82) is 0 Å². The summed E-state index contributed by atoms with van der Waals surface area (Å²) in [6.07, 6.45) is 44.5. The molecule has 1 rings (SSSR count). The Morgan fingerprint density at radius 2 is 0.580 bits per heavy atom. The maximum absolute atomic E-state index is 13.3. The van der Waals surface area contributed by atoms with E-state index in [0.29, 0.717) is 11.1 Å². The van der Waals surface area contributed by atoms with Crippen LogP contribution in [0.5, 0.6) is 0 Å². The zero-order chi connectivity index (χ0) is 36.3. The summed E-state index contributed by atoms with van der Waals surface area (Å²) in [7, 11) is 0. The second-order valence-electron chi connectivity index (χ2n) is 15.5. The fourth-order valence-electron chi connectivity index (χ4n) is 7.31. The highest BCUT2D eigenvalue weighted by Gasteiger charge is 2.24. The topological polar surface area (TPSA) is 34.1 Å². The lowest BCUT2D eigenvalue weighted by atomic mass is 9.94. The predicted molar refractivity (Wildman–Crippen MR) is 229 cm³/mol. The fraction of sp³-hybridized carbons (Fsp3) is 0.826. The van der Waals surface area contributed by atoms with Gasteiger partial charge in [0.2, 0.25) is 0 Å². The minimum absolute atomic E-state index is 0.0128. The molecule has 0 aliphatic carbocycles. The van der Waals surface area contributed by atoms with Crippen molar-refractivity contribution in [1.82, 2.24) is 0 Å². The molecule has 0 saturated carbocycles. The first-order chi connectivity index (χ1) is 24.5. The van der Waals surface area contributed by atoms with Crippen molar-refractivity contribution in [3.8, 4) is 0 Å². The number of carbonyl (C=O) groups is 2. The van der Waals surface area contributed by atoms with Crippen molar-refractivity contribution >= 4 is 36.8 Å². The molecule has 290 valence electrons. The third-order valence-electron chi connectivity index (χ3n) is 10.7. The highest BCUT2D eigenvalue weighted by atomic mass is 32.1. The molecule has 50 heavy (non-hydrogen) atoms. The van der Waals surface area contributed by atoms with E-state index in [1.165, 1.54) is 180 Å². The quantitative estimate of drug-likeness (QED) is 0.0403. The number of rotatable bonds is 38. The van der Waals surface area contributed by atoms with E-state index in [9.17, 15) is 9.59 Å². The lowest BCUT2D eigenvalue weighted by Crippen LogP contribution is -2.22. The molecule has 0 aromatic heterocycles. The first-order valence-electron chi connectivity index (χ1n) is 22.1. The van der Waals surface area contributed by atoms with Gasteiger partial charge in [0.1, 0.15) is 0 Å². The molecule has 0 saturated heterocycles. The standard InChI is InChI=1S/C46H82O2S2/c1-3-5-7-9-11-13-15-17-19-21-23-25-27-29-31-33-39-43(49)45(47)41-37-35-36-38-42(41)46(48)44(50)40-34-32-30-28-26-24-22-20-18-16-14-12-10-8-6-4-2/h35-38,43-44,49-50H,3-34,39-40H2,1-2H3. The number of hydrogen-bond acceptors (Lipinski definition) is 4. The zero-order valence-corrected chi connectivity index (χ0v) is 35.0. The van der Waals surface area contributed by atoms with Gasteiger partial charge in [0.25, 0.3) is 0 Å². The minimum Gasteiger partial charge on any atom is -0.293 e. The Kier molecular flexibility index (Phi) is 33.4. The molecule has 2 unspecified atom stereocenters. The Hall–Kier alpha value is -0.740. The third-order valence-corrected chi connectivity index (χ3v) is 11.7. The lowest BCUT2D eigenvalue weighted by molar-refractivity contribution is 0.0953. The van der Waals surface area contributed by atoms with Gasteiger partial charge in [0.05, 0.1) is 10.5 Å². The summed E-state index contributed by atoms with van der Waals surface area (Å²) >= 11 is 9.39. The SMILES string of the molecule is CCCCCCCCCCCCCCCCCCC(S)C(=O)c1ccccc1C(=O)C(S)CCCCCCCCCCCCCCCCCC. The number of carbonyl (C=O) groups excluding carboxylic acids is 2. The number of ketones is 2. The molecule has 0 amide bonds. The summed E-state index contributed by atoms with van der Waals surface area (Å²) in [6, 6.07) is 7.34. The van der Waals surface area contributed by atoms with Gasteiger partial charge in [-0.25, -0.2) is 0 Å². The number of Topliss-reactive ketones (excluding diaryl/α,β-unsaturated/α-hetero) is 2. The molecule has 2 atom stereocenters. The van der Waals surface area contributed by atoms with Crippen molar-refractivity contribution in [3.63, 3.8) is 0 Å². The van der Waals surface area contributed by atoms with Crippen LogP contribution in [0.15, 0.2) is 24.3 Å². The van der Waals surface area contributed by atoms with Gasteiger partial charge in [-0.15, -0.1) is 0 Å². The van der Waals surface area contributed by atoms with E-state index in [1.807, 2.05) is 24.3 Å². The molecular formula is C46H82O2S2. The summed E-state index contributed by atoms with van der Waals surface area (Å²) in [5.74, 6) is -0.0256. The van der Waals surface area contributed by atoms with E-state index < -0.39 is 0 Å². The molecular weight excluding hydrogens is 649 g/mol. The van der Waals surface area contributed by atoms with Gasteiger partial charge in [-0.1, -0.05) is 244 Å². The Bertz CT molecular complexity index is 842. The van der Waals surface area contributed by atoms with Crippen LogP contribution < -0.4 is 0 Å². The van der Waals surface area contributed by atoms with Gasteiger partial charge in [-0.2, -0.15) is 25.3 Å². The highest BCUT2D eigenvalue weighted by molar-refractivity contribution is 7.82. The Balaban J connectivity index is 2.12. The van der Waals surface area contributed by atoms with Crippen LogP contribution in [0.2, 0.25) is 0 Å². The van der Waals surface area contributed by atoms with Crippen LogP contribution in [0.25, 0.3) is 0 Å². The molecule has 0 heterocycles. The van der Waals surface area contributed by atoms with E-state index in [0.717, 1.165) is 38.5 Å². The van der Waals surface area contributed by atoms with E-state index in [1.54, 1.807) is 0 Å². The van der Waals surface area contributed by atoms with E-state index >= 15 is 0 Å². The number of thiol groups is 2. The number of hydrogen-bond donors (Lipinski definition) is 2. The van der Waals surface area contributed by atoms with Crippen LogP contribution in [0.1, 0.15) is 253 Å². The summed E-state index contributed by atoms with van der Waals surface area (Å²) in [4.78, 5) is 26.7. The summed E-state index contributed by atoms with van der Waals surface area (Å²) in [6.45, 7) is 4.57. The Labute approximate surface area is 323 Å².